The summed E-state index contributed by atoms with van der Waals surface area (Å²) in [6.07, 6.45) is 1.99. The van der Waals surface area contributed by atoms with Crippen molar-refractivity contribution in [3.63, 3.8) is 0 Å². The van der Waals surface area contributed by atoms with Crippen LogP contribution in [-0.2, 0) is 4.74 Å². The van der Waals surface area contributed by atoms with Gasteiger partial charge in [0.2, 0.25) is 0 Å². The molecule has 1 aromatic heterocycles. The summed E-state index contributed by atoms with van der Waals surface area (Å²) in [5, 5.41) is 0.406. The Balaban J connectivity index is 1.94. The molecule has 0 bridgehead atoms. The van der Waals surface area contributed by atoms with Crippen LogP contribution in [0.15, 0.2) is 76.7 Å². The van der Waals surface area contributed by atoms with Gasteiger partial charge in [0.15, 0.2) is 5.43 Å². The molecule has 0 amide bonds. The van der Waals surface area contributed by atoms with Crippen LogP contribution >= 0.6 is 0 Å². The predicted molar refractivity (Wildman–Crippen MR) is 90.1 cm³/mol. The summed E-state index contributed by atoms with van der Waals surface area (Å²) in [5.74, 6) is 0.229. The normalized spacial score (nSPS) is 10.3. The average molecular weight is 322 g/mol. The maximum absolute atomic E-state index is 12.6. The molecule has 3 aromatic rings. The van der Waals surface area contributed by atoms with Gasteiger partial charge in [-0.1, -0.05) is 43.0 Å². The number of ether oxygens (including phenoxy) is 2. The molecular weight excluding hydrogens is 308 g/mol. The lowest BCUT2D eigenvalue weighted by molar-refractivity contribution is 0.109. The van der Waals surface area contributed by atoms with Crippen LogP contribution in [0.1, 0.15) is 0 Å². The van der Waals surface area contributed by atoms with Crippen LogP contribution in [0, 0.1) is 0 Å². The minimum absolute atomic E-state index is 0.0575. The Kier molecular flexibility index (Phi) is 4.43. The van der Waals surface area contributed by atoms with Crippen molar-refractivity contribution in [2.75, 3.05) is 6.61 Å². The molecule has 0 fully saturated rings. The van der Waals surface area contributed by atoms with E-state index in [9.17, 15) is 9.59 Å². The summed E-state index contributed by atoms with van der Waals surface area (Å²) in [4.78, 5) is 24.0. The van der Waals surface area contributed by atoms with E-state index in [4.69, 9.17) is 13.9 Å². The SMILES string of the molecule is C=CCOC(=O)Oc1ccc2c(=O)c(-c3ccccc3)coc2c1. The van der Waals surface area contributed by atoms with Crippen molar-refractivity contribution in [3.8, 4) is 16.9 Å². The van der Waals surface area contributed by atoms with E-state index in [1.807, 2.05) is 30.3 Å². The van der Waals surface area contributed by atoms with Crippen molar-refractivity contribution < 1.29 is 18.7 Å². The average Bonchev–Trinajstić information content (AvgIpc) is 2.61. The fourth-order valence-corrected chi connectivity index (χ4v) is 2.24. The van der Waals surface area contributed by atoms with E-state index >= 15 is 0 Å². The zero-order valence-electron chi connectivity index (χ0n) is 12.7. The minimum atomic E-state index is -0.850. The third-order valence-electron chi connectivity index (χ3n) is 3.35. The second-order valence-corrected chi connectivity index (χ2v) is 4.95. The summed E-state index contributed by atoms with van der Waals surface area (Å²) >= 11 is 0. The van der Waals surface area contributed by atoms with Gasteiger partial charge in [0.1, 0.15) is 24.2 Å². The molecule has 24 heavy (non-hydrogen) atoms. The first-order valence-electron chi connectivity index (χ1n) is 7.25. The van der Waals surface area contributed by atoms with E-state index in [2.05, 4.69) is 6.58 Å². The van der Waals surface area contributed by atoms with Gasteiger partial charge in [-0.25, -0.2) is 4.79 Å². The molecule has 1 heterocycles. The van der Waals surface area contributed by atoms with E-state index in [1.54, 1.807) is 6.07 Å². The Morgan fingerprint density at radius 2 is 1.96 bits per heavy atom. The lowest BCUT2D eigenvalue weighted by Gasteiger charge is -2.06. The van der Waals surface area contributed by atoms with Gasteiger partial charge in [-0.05, 0) is 17.7 Å². The first-order valence-corrected chi connectivity index (χ1v) is 7.25. The Morgan fingerprint density at radius 1 is 1.17 bits per heavy atom. The highest BCUT2D eigenvalue weighted by molar-refractivity contribution is 5.83. The van der Waals surface area contributed by atoms with Crippen LogP contribution in [-0.4, -0.2) is 12.8 Å². The van der Waals surface area contributed by atoms with E-state index < -0.39 is 6.16 Å². The Morgan fingerprint density at radius 3 is 2.71 bits per heavy atom. The largest absolute Gasteiger partial charge is 0.514 e. The first kappa shape index (κ1) is 15.6. The van der Waals surface area contributed by atoms with Crippen molar-refractivity contribution in [1.29, 1.82) is 0 Å². The summed E-state index contributed by atoms with van der Waals surface area (Å²) in [5.41, 5.74) is 1.43. The highest BCUT2D eigenvalue weighted by Gasteiger charge is 2.11. The van der Waals surface area contributed by atoms with Gasteiger partial charge in [0.05, 0.1) is 10.9 Å². The van der Waals surface area contributed by atoms with Crippen LogP contribution in [0.4, 0.5) is 4.79 Å². The zero-order chi connectivity index (χ0) is 16.9. The van der Waals surface area contributed by atoms with Gasteiger partial charge < -0.3 is 13.9 Å². The molecule has 5 heteroatoms. The Bertz CT molecular complexity index is 941. The highest BCUT2D eigenvalue weighted by atomic mass is 16.7. The maximum Gasteiger partial charge on any atom is 0.514 e. The number of carbonyl (C=O) groups excluding carboxylic acids is 1. The minimum Gasteiger partial charge on any atom is -0.463 e. The summed E-state index contributed by atoms with van der Waals surface area (Å²) < 4.78 is 15.3. The molecule has 3 rings (SSSR count). The van der Waals surface area contributed by atoms with Crippen LogP contribution in [0.3, 0.4) is 0 Å². The molecule has 0 aliphatic rings. The van der Waals surface area contributed by atoms with Crippen molar-refractivity contribution in [3.05, 3.63) is 77.7 Å². The molecule has 0 radical (unpaired) electrons. The van der Waals surface area contributed by atoms with Crippen LogP contribution in [0.2, 0.25) is 0 Å². The van der Waals surface area contributed by atoms with Gasteiger partial charge >= 0.3 is 6.16 Å². The third kappa shape index (κ3) is 3.20. The van der Waals surface area contributed by atoms with Crippen LogP contribution < -0.4 is 10.2 Å². The van der Waals surface area contributed by atoms with Crippen molar-refractivity contribution in [2.45, 2.75) is 0 Å². The molecule has 120 valence electrons. The van der Waals surface area contributed by atoms with Crippen molar-refractivity contribution in [2.24, 2.45) is 0 Å². The Hall–Kier alpha value is -3.34. The second-order valence-electron chi connectivity index (χ2n) is 4.95. The molecule has 0 saturated carbocycles. The lowest BCUT2D eigenvalue weighted by atomic mass is 10.1. The predicted octanol–water partition coefficient (Wildman–Crippen LogP) is 4.16. The van der Waals surface area contributed by atoms with Crippen molar-refractivity contribution >= 4 is 17.1 Å². The number of hydrogen-bond acceptors (Lipinski definition) is 5. The first-order chi connectivity index (χ1) is 11.7. The molecule has 0 aliphatic heterocycles. The zero-order valence-corrected chi connectivity index (χ0v) is 12.7. The maximum atomic E-state index is 12.6. The number of rotatable bonds is 4. The third-order valence-corrected chi connectivity index (χ3v) is 3.35. The summed E-state index contributed by atoms with van der Waals surface area (Å²) in [6.45, 7) is 3.50. The standard InChI is InChI=1S/C19H14O5/c1-2-10-22-19(21)24-14-8-9-15-17(11-14)23-12-16(18(15)20)13-6-4-3-5-7-13/h2-9,11-12H,1,10H2. The van der Waals surface area contributed by atoms with Crippen LogP contribution in [0.5, 0.6) is 5.75 Å². The Labute approximate surface area is 137 Å². The number of carbonyl (C=O) groups is 1. The van der Waals surface area contributed by atoms with Crippen molar-refractivity contribution in [1.82, 2.24) is 0 Å². The van der Waals surface area contributed by atoms with E-state index in [0.717, 1.165) is 5.56 Å². The highest BCUT2D eigenvalue weighted by Crippen LogP contribution is 2.23. The fourth-order valence-electron chi connectivity index (χ4n) is 2.24. The molecule has 5 nitrogen and oxygen atoms in total. The molecule has 0 saturated heterocycles. The molecular formula is C19H14O5. The smallest absolute Gasteiger partial charge is 0.463 e. The lowest BCUT2D eigenvalue weighted by Crippen LogP contribution is -2.10. The molecule has 0 N–H and O–H groups in total. The number of fused-ring (bicyclic) bond motifs is 1. The number of hydrogen-bond donors (Lipinski definition) is 0. The van der Waals surface area contributed by atoms with E-state index in [0.29, 0.717) is 16.5 Å². The van der Waals surface area contributed by atoms with Gasteiger partial charge in [-0.15, -0.1) is 0 Å². The number of benzene rings is 2. The van der Waals surface area contributed by atoms with Crippen LogP contribution in [0.25, 0.3) is 22.1 Å². The summed E-state index contributed by atoms with van der Waals surface area (Å²) in [7, 11) is 0. The van der Waals surface area contributed by atoms with Gasteiger partial charge in [-0.2, -0.15) is 0 Å². The van der Waals surface area contributed by atoms with E-state index in [1.165, 1.54) is 24.5 Å². The van der Waals surface area contributed by atoms with Gasteiger partial charge in [0, 0.05) is 6.07 Å². The van der Waals surface area contributed by atoms with Gasteiger partial charge in [0.25, 0.3) is 0 Å². The molecule has 0 unspecified atom stereocenters. The second kappa shape index (κ2) is 6.83. The van der Waals surface area contributed by atoms with E-state index in [-0.39, 0.29) is 17.8 Å². The molecule has 0 atom stereocenters. The quantitative estimate of drug-likeness (QED) is 0.410. The van der Waals surface area contributed by atoms with Gasteiger partial charge in [-0.3, -0.25) is 4.79 Å². The molecule has 2 aromatic carbocycles. The summed E-state index contributed by atoms with van der Waals surface area (Å²) in [6, 6.07) is 13.8. The topological polar surface area (TPSA) is 65.7 Å². The monoisotopic (exact) mass is 322 g/mol. The molecule has 0 aliphatic carbocycles. The molecule has 0 spiro atoms. The fraction of sp³-hybridized carbons (Fsp3) is 0.0526.